The fourth-order valence-corrected chi connectivity index (χ4v) is 1.33. The molecule has 0 amide bonds. The van der Waals surface area contributed by atoms with E-state index in [2.05, 4.69) is 0 Å². The predicted octanol–water partition coefficient (Wildman–Crippen LogP) is -0.325. The van der Waals surface area contributed by atoms with Gasteiger partial charge in [0.15, 0.2) is 5.57 Å². The minimum Gasteiger partial charge on any atom is -0.462 e. The Bertz CT molecular complexity index is 373. The molecule has 0 aliphatic carbocycles. The van der Waals surface area contributed by atoms with Gasteiger partial charge in [-0.15, -0.1) is 0 Å². The number of nitrogens with two attached hydrogens (primary N) is 1. The molecule has 1 heterocycles. The Hall–Kier alpha value is -1.98. The summed E-state index contributed by atoms with van der Waals surface area (Å²) in [5.74, 6) is 0.743. The van der Waals surface area contributed by atoms with E-state index in [9.17, 15) is 9.59 Å². The molecule has 0 aromatic rings. The van der Waals surface area contributed by atoms with E-state index in [1.54, 1.807) is 13.8 Å². The molecule has 0 aromatic carbocycles. The highest BCUT2D eigenvalue weighted by atomic mass is 16.7. The van der Waals surface area contributed by atoms with Crippen molar-refractivity contribution in [1.82, 2.24) is 5.06 Å². The van der Waals surface area contributed by atoms with E-state index in [4.69, 9.17) is 20.0 Å². The van der Waals surface area contributed by atoms with Crippen molar-refractivity contribution in [3.8, 4) is 0 Å². The smallest absolute Gasteiger partial charge is 0.344 e. The topological polar surface area (TPSA) is 91.1 Å². The van der Waals surface area contributed by atoms with Crippen LogP contribution in [0.15, 0.2) is 17.7 Å². The lowest BCUT2D eigenvalue weighted by atomic mass is 10.2. The second kappa shape index (κ2) is 5.93. The molecule has 0 radical (unpaired) electrons. The molecule has 1 aliphatic rings. The highest BCUT2D eigenvalue weighted by Crippen LogP contribution is 2.25. The first-order valence-electron chi connectivity index (χ1n) is 5.11. The lowest BCUT2D eigenvalue weighted by Gasteiger charge is -2.20. The number of esters is 1. The van der Waals surface area contributed by atoms with Crippen LogP contribution in [0.2, 0.25) is 0 Å². The largest absolute Gasteiger partial charge is 0.462 e. The molecule has 1 rings (SSSR count). The SMILES string of the molecule is CCOC(=O)C1=C(N)ON(C=C=O)C1OCC. The third-order valence-electron chi connectivity index (χ3n) is 1.95. The Morgan fingerprint density at radius 3 is 2.82 bits per heavy atom. The van der Waals surface area contributed by atoms with Gasteiger partial charge in [-0.1, -0.05) is 0 Å². The van der Waals surface area contributed by atoms with Crippen molar-refractivity contribution in [2.75, 3.05) is 13.2 Å². The van der Waals surface area contributed by atoms with Crippen molar-refractivity contribution in [2.45, 2.75) is 20.1 Å². The molecule has 0 aromatic heterocycles. The molecule has 17 heavy (non-hydrogen) atoms. The van der Waals surface area contributed by atoms with E-state index in [1.807, 2.05) is 0 Å². The predicted molar refractivity (Wildman–Crippen MR) is 56.4 cm³/mol. The van der Waals surface area contributed by atoms with Gasteiger partial charge >= 0.3 is 5.97 Å². The Balaban J connectivity index is 2.94. The van der Waals surface area contributed by atoms with Gasteiger partial charge in [-0.05, 0) is 13.8 Å². The number of rotatable bonds is 5. The molecule has 7 heteroatoms. The second-order valence-electron chi connectivity index (χ2n) is 3.00. The average molecular weight is 242 g/mol. The summed E-state index contributed by atoms with van der Waals surface area (Å²) in [6, 6.07) is 0. The zero-order valence-corrected chi connectivity index (χ0v) is 9.63. The highest BCUT2D eigenvalue weighted by Gasteiger charge is 2.38. The summed E-state index contributed by atoms with van der Waals surface area (Å²) >= 11 is 0. The van der Waals surface area contributed by atoms with Gasteiger partial charge in [0.2, 0.25) is 12.1 Å². The first-order valence-corrected chi connectivity index (χ1v) is 5.11. The Morgan fingerprint density at radius 1 is 1.59 bits per heavy atom. The van der Waals surface area contributed by atoms with E-state index in [-0.39, 0.29) is 18.1 Å². The van der Waals surface area contributed by atoms with Crippen LogP contribution in [-0.2, 0) is 23.9 Å². The number of carbonyl (C=O) groups is 1. The zero-order valence-electron chi connectivity index (χ0n) is 9.63. The van der Waals surface area contributed by atoms with E-state index < -0.39 is 12.2 Å². The lowest BCUT2D eigenvalue weighted by molar-refractivity contribution is -0.160. The first-order chi connectivity index (χ1) is 8.15. The number of hydroxylamine groups is 2. The molecule has 94 valence electrons. The molecule has 0 saturated heterocycles. The average Bonchev–Trinajstić information content (AvgIpc) is 2.57. The summed E-state index contributed by atoms with van der Waals surface area (Å²) < 4.78 is 10.1. The summed E-state index contributed by atoms with van der Waals surface area (Å²) in [4.78, 5) is 26.9. The summed E-state index contributed by atoms with van der Waals surface area (Å²) in [7, 11) is 0. The van der Waals surface area contributed by atoms with Crippen LogP contribution in [0.1, 0.15) is 13.8 Å². The van der Waals surface area contributed by atoms with Crippen LogP contribution >= 0.6 is 0 Å². The van der Waals surface area contributed by atoms with Gasteiger partial charge in [-0.3, -0.25) is 0 Å². The van der Waals surface area contributed by atoms with Crippen molar-refractivity contribution >= 4 is 11.9 Å². The summed E-state index contributed by atoms with van der Waals surface area (Å²) in [6.45, 7) is 3.93. The molecule has 2 N–H and O–H groups in total. The number of hydrogen-bond acceptors (Lipinski definition) is 7. The van der Waals surface area contributed by atoms with Crippen LogP contribution in [0, 0.1) is 0 Å². The minimum absolute atomic E-state index is 0.0419. The normalized spacial score (nSPS) is 18.7. The number of nitrogens with zero attached hydrogens (tertiary/aromatic N) is 1. The molecule has 0 bridgehead atoms. The molecule has 7 nitrogen and oxygen atoms in total. The van der Waals surface area contributed by atoms with Gasteiger partial charge < -0.3 is 20.0 Å². The minimum atomic E-state index is -0.888. The van der Waals surface area contributed by atoms with Crippen LogP contribution in [0.25, 0.3) is 0 Å². The van der Waals surface area contributed by atoms with Gasteiger partial charge in [-0.2, -0.15) is 5.06 Å². The molecule has 0 spiro atoms. The maximum atomic E-state index is 11.6. The van der Waals surface area contributed by atoms with Gasteiger partial charge in [0.1, 0.15) is 12.1 Å². The fourth-order valence-electron chi connectivity index (χ4n) is 1.33. The number of hydrogen-bond donors (Lipinski definition) is 1. The van der Waals surface area contributed by atoms with Crippen molar-refractivity contribution in [2.24, 2.45) is 5.73 Å². The molecule has 0 saturated carbocycles. The third-order valence-corrected chi connectivity index (χ3v) is 1.95. The molecular formula is C10H14N2O5. The van der Waals surface area contributed by atoms with Crippen LogP contribution in [-0.4, -0.2) is 36.4 Å². The number of carbonyl (C=O) groups excluding carboxylic acids is 2. The van der Waals surface area contributed by atoms with E-state index in [1.165, 1.54) is 5.94 Å². The number of ether oxygens (including phenoxy) is 2. The third kappa shape index (κ3) is 2.77. The zero-order chi connectivity index (χ0) is 12.8. The van der Waals surface area contributed by atoms with Gasteiger partial charge in [0.25, 0.3) is 0 Å². The molecular weight excluding hydrogens is 228 g/mol. The summed E-state index contributed by atoms with van der Waals surface area (Å²) in [5.41, 5.74) is 5.58. The van der Waals surface area contributed by atoms with Gasteiger partial charge in [0, 0.05) is 6.61 Å². The van der Waals surface area contributed by atoms with Gasteiger partial charge in [0.05, 0.1) is 6.61 Å². The molecule has 1 atom stereocenters. The van der Waals surface area contributed by atoms with E-state index in [0.29, 0.717) is 6.61 Å². The van der Waals surface area contributed by atoms with Crippen LogP contribution in [0.3, 0.4) is 0 Å². The first kappa shape index (κ1) is 13.1. The van der Waals surface area contributed by atoms with E-state index >= 15 is 0 Å². The van der Waals surface area contributed by atoms with Crippen LogP contribution in [0.5, 0.6) is 0 Å². The molecule has 1 aliphatic heterocycles. The monoisotopic (exact) mass is 242 g/mol. The van der Waals surface area contributed by atoms with Crippen molar-refractivity contribution < 1.29 is 23.9 Å². The maximum Gasteiger partial charge on any atom is 0.344 e. The van der Waals surface area contributed by atoms with Crippen LogP contribution < -0.4 is 5.73 Å². The lowest BCUT2D eigenvalue weighted by Crippen LogP contribution is -2.32. The fraction of sp³-hybridized carbons (Fsp3) is 0.500. The summed E-state index contributed by atoms with van der Waals surface area (Å²) in [6.07, 6.45) is 0.0693. The van der Waals surface area contributed by atoms with Gasteiger partial charge in [-0.25, -0.2) is 9.59 Å². The highest BCUT2D eigenvalue weighted by molar-refractivity contribution is 5.90. The quantitative estimate of drug-likeness (QED) is 0.521. The molecule has 1 unspecified atom stereocenters. The maximum absolute atomic E-state index is 11.6. The van der Waals surface area contributed by atoms with E-state index in [0.717, 1.165) is 11.3 Å². The van der Waals surface area contributed by atoms with Crippen LogP contribution in [0.4, 0.5) is 0 Å². The van der Waals surface area contributed by atoms with Crippen molar-refractivity contribution in [3.63, 3.8) is 0 Å². The Morgan fingerprint density at radius 2 is 2.29 bits per heavy atom. The Kier molecular flexibility index (Phi) is 4.56. The Labute approximate surface area is 98.4 Å². The van der Waals surface area contributed by atoms with Crippen molar-refractivity contribution in [1.29, 1.82) is 0 Å². The molecule has 0 fully saturated rings. The standard InChI is InChI=1S/C10H14N2O5/c1-3-15-9-7(10(14)16-4-2)8(11)17-12(9)5-6-13/h5,9H,3-4,11H2,1-2H3. The van der Waals surface area contributed by atoms with Crippen molar-refractivity contribution in [3.05, 3.63) is 17.7 Å². The second-order valence-corrected chi connectivity index (χ2v) is 3.00. The summed E-state index contributed by atoms with van der Waals surface area (Å²) in [5, 5.41) is 1.01.